The predicted octanol–water partition coefficient (Wildman–Crippen LogP) is 2.15. The summed E-state index contributed by atoms with van der Waals surface area (Å²) in [7, 11) is 0. The maximum Gasteiger partial charge on any atom is 0.330 e. The number of carbonyl (C=O) groups excluding carboxylic acids is 2. The molecule has 0 aliphatic heterocycles. The number of allylic oxidation sites excluding steroid dienone is 2. The normalized spacial score (nSPS) is 12.0. The minimum absolute atomic E-state index is 0.218. The zero-order valence-electron chi connectivity index (χ0n) is 19.3. The van der Waals surface area contributed by atoms with Crippen LogP contribution in [0, 0.1) is 0 Å². The van der Waals surface area contributed by atoms with E-state index < -0.39 is 30.6 Å². The molecule has 0 unspecified atom stereocenters. The summed E-state index contributed by atoms with van der Waals surface area (Å²) >= 11 is 0. The number of rotatable bonds is 21. The first-order valence-corrected chi connectivity index (χ1v) is 11.8. The van der Waals surface area contributed by atoms with Crippen LogP contribution in [0.3, 0.4) is 0 Å². The molecular formula is C24H43NO7. The fourth-order valence-corrected chi connectivity index (χ4v) is 3.00. The zero-order valence-corrected chi connectivity index (χ0v) is 19.3. The van der Waals surface area contributed by atoms with E-state index in [-0.39, 0.29) is 19.8 Å². The molecule has 186 valence electrons. The van der Waals surface area contributed by atoms with E-state index in [1.165, 1.54) is 12.2 Å². The number of aliphatic hydroxyl groups excluding tert-OH is 4. The van der Waals surface area contributed by atoms with Crippen molar-refractivity contribution in [1.29, 1.82) is 0 Å². The number of carbonyl (C=O) groups is 2. The summed E-state index contributed by atoms with van der Waals surface area (Å²) in [6, 6.07) is 0. The third-order valence-corrected chi connectivity index (χ3v) is 5.07. The van der Waals surface area contributed by atoms with Crippen LogP contribution in [0.1, 0.15) is 77.0 Å². The number of amides is 1. The SMILES string of the molecule is O=C(/C=C/CCCCCCCO)NC(CO)(CO)COC(=O)/C=C/CCCCCCCO. The second-order valence-electron chi connectivity index (χ2n) is 8.06. The topological polar surface area (TPSA) is 136 Å². The molecule has 0 saturated carbocycles. The van der Waals surface area contributed by atoms with Crippen LogP contribution in [-0.2, 0) is 14.3 Å². The molecule has 0 aliphatic carbocycles. The van der Waals surface area contributed by atoms with Crippen molar-refractivity contribution < 1.29 is 34.8 Å². The standard InChI is InChI=1S/C24H43NO7/c26-17-13-9-5-1-3-7-11-15-22(30)25-24(19-28,20-29)21-32-23(31)16-12-8-4-2-6-10-14-18-27/h11-12,15-16,26-29H,1-10,13-14,17-21H2,(H,25,30)/b15-11+,16-12+. The van der Waals surface area contributed by atoms with Gasteiger partial charge in [0.2, 0.25) is 5.91 Å². The lowest BCUT2D eigenvalue weighted by Crippen LogP contribution is -2.57. The van der Waals surface area contributed by atoms with Gasteiger partial charge in [0, 0.05) is 19.3 Å². The lowest BCUT2D eigenvalue weighted by molar-refractivity contribution is -0.143. The molecule has 0 bridgehead atoms. The molecule has 0 aromatic heterocycles. The van der Waals surface area contributed by atoms with E-state index in [9.17, 15) is 19.8 Å². The minimum atomic E-state index is -1.44. The lowest BCUT2D eigenvalue weighted by atomic mass is 10.0. The molecule has 0 radical (unpaired) electrons. The van der Waals surface area contributed by atoms with E-state index in [1.807, 2.05) is 0 Å². The molecule has 1 amide bonds. The Bertz CT molecular complexity index is 530. The fourth-order valence-electron chi connectivity index (χ4n) is 3.00. The monoisotopic (exact) mass is 457 g/mol. The molecule has 0 fully saturated rings. The number of esters is 1. The number of unbranched alkanes of at least 4 members (excludes halogenated alkanes) is 10. The van der Waals surface area contributed by atoms with Gasteiger partial charge < -0.3 is 30.5 Å². The third kappa shape index (κ3) is 16.9. The molecule has 5 N–H and O–H groups in total. The van der Waals surface area contributed by atoms with Crippen molar-refractivity contribution in [3.8, 4) is 0 Å². The summed E-state index contributed by atoms with van der Waals surface area (Å²) in [5, 5.41) is 39.3. The Balaban J connectivity index is 4.21. The molecular weight excluding hydrogens is 414 g/mol. The Hall–Kier alpha value is -1.74. The van der Waals surface area contributed by atoms with Crippen molar-refractivity contribution in [1.82, 2.24) is 5.32 Å². The Morgan fingerprint density at radius 1 is 0.688 bits per heavy atom. The van der Waals surface area contributed by atoms with Crippen LogP contribution >= 0.6 is 0 Å². The van der Waals surface area contributed by atoms with Crippen molar-refractivity contribution >= 4 is 11.9 Å². The van der Waals surface area contributed by atoms with Gasteiger partial charge in [0.05, 0.1) is 13.2 Å². The van der Waals surface area contributed by atoms with Crippen LogP contribution in [-0.4, -0.2) is 70.9 Å². The van der Waals surface area contributed by atoms with Gasteiger partial charge in [-0.05, 0) is 44.6 Å². The molecule has 0 aromatic carbocycles. The molecule has 0 heterocycles. The van der Waals surface area contributed by atoms with Crippen molar-refractivity contribution in [3.63, 3.8) is 0 Å². The summed E-state index contributed by atoms with van der Waals surface area (Å²) in [5.74, 6) is -1.07. The van der Waals surface area contributed by atoms with E-state index in [1.54, 1.807) is 12.2 Å². The van der Waals surface area contributed by atoms with Crippen LogP contribution in [0.2, 0.25) is 0 Å². The van der Waals surface area contributed by atoms with Gasteiger partial charge in [-0.2, -0.15) is 0 Å². The highest BCUT2D eigenvalue weighted by Gasteiger charge is 2.31. The van der Waals surface area contributed by atoms with Gasteiger partial charge in [-0.25, -0.2) is 4.79 Å². The van der Waals surface area contributed by atoms with Crippen LogP contribution < -0.4 is 5.32 Å². The van der Waals surface area contributed by atoms with Crippen LogP contribution in [0.25, 0.3) is 0 Å². The Kier molecular flexibility index (Phi) is 20.0. The Morgan fingerprint density at radius 2 is 1.16 bits per heavy atom. The molecule has 0 aliphatic rings. The smallest absolute Gasteiger partial charge is 0.330 e. The summed E-state index contributed by atoms with van der Waals surface area (Å²) in [5.41, 5.74) is -1.44. The van der Waals surface area contributed by atoms with E-state index in [4.69, 9.17) is 14.9 Å². The first kappa shape index (κ1) is 30.3. The van der Waals surface area contributed by atoms with E-state index in [0.29, 0.717) is 0 Å². The summed E-state index contributed by atoms with van der Waals surface area (Å²) in [6.45, 7) is -1.04. The van der Waals surface area contributed by atoms with E-state index >= 15 is 0 Å². The molecule has 8 nitrogen and oxygen atoms in total. The van der Waals surface area contributed by atoms with Crippen molar-refractivity contribution in [2.45, 2.75) is 82.6 Å². The molecule has 8 heteroatoms. The van der Waals surface area contributed by atoms with E-state index in [2.05, 4.69) is 5.32 Å². The van der Waals surface area contributed by atoms with Crippen LogP contribution in [0.15, 0.2) is 24.3 Å². The number of hydrogen-bond donors (Lipinski definition) is 5. The fraction of sp³-hybridized carbons (Fsp3) is 0.750. The molecule has 0 spiro atoms. The second-order valence-corrected chi connectivity index (χ2v) is 8.06. The zero-order chi connectivity index (χ0) is 23.9. The summed E-state index contributed by atoms with van der Waals surface area (Å²) in [6.07, 6.45) is 17.3. The highest BCUT2D eigenvalue weighted by atomic mass is 16.5. The number of hydrogen-bond acceptors (Lipinski definition) is 7. The molecule has 0 atom stereocenters. The summed E-state index contributed by atoms with van der Waals surface area (Å²) < 4.78 is 5.11. The number of aliphatic hydroxyl groups is 4. The van der Waals surface area contributed by atoms with Crippen molar-refractivity contribution in [3.05, 3.63) is 24.3 Å². The van der Waals surface area contributed by atoms with Gasteiger partial charge in [0.1, 0.15) is 12.1 Å². The average molecular weight is 458 g/mol. The highest BCUT2D eigenvalue weighted by Crippen LogP contribution is 2.08. The molecule has 32 heavy (non-hydrogen) atoms. The van der Waals surface area contributed by atoms with Gasteiger partial charge in [0.15, 0.2) is 0 Å². The maximum absolute atomic E-state index is 12.1. The summed E-state index contributed by atoms with van der Waals surface area (Å²) in [4.78, 5) is 24.0. The first-order valence-electron chi connectivity index (χ1n) is 11.8. The van der Waals surface area contributed by atoms with Crippen LogP contribution in [0.4, 0.5) is 0 Å². The molecule has 0 aromatic rings. The predicted molar refractivity (Wildman–Crippen MR) is 124 cm³/mol. The van der Waals surface area contributed by atoms with Gasteiger partial charge >= 0.3 is 5.97 Å². The quantitative estimate of drug-likeness (QED) is 0.101. The number of ether oxygens (including phenoxy) is 1. The van der Waals surface area contributed by atoms with Gasteiger partial charge in [0.25, 0.3) is 0 Å². The third-order valence-electron chi connectivity index (χ3n) is 5.07. The average Bonchev–Trinajstić information content (AvgIpc) is 2.80. The lowest BCUT2D eigenvalue weighted by Gasteiger charge is -2.29. The van der Waals surface area contributed by atoms with Crippen molar-refractivity contribution in [2.75, 3.05) is 33.0 Å². The van der Waals surface area contributed by atoms with Crippen LogP contribution in [0.5, 0.6) is 0 Å². The number of nitrogens with one attached hydrogen (secondary N) is 1. The maximum atomic E-state index is 12.1. The Labute approximate surface area is 192 Å². The highest BCUT2D eigenvalue weighted by molar-refractivity contribution is 5.88. The van der Waals surface area contributed by atoms with Gasteiger partial charge in [-0.15, -0.1) is 0 Å². The van der Waals surface area contributed by atoms with Gasteiger partial charge in [-0.1, -0.05) is 50.7 Å². The van der Waals surface area contributed by atoms with Crippen molar-refractivity contribution in [2.24, 2.45) is 0 Å². The second kappa shape index (κ2) is 21.1. The molecule has 0 saturated heterocycles. The Morgan fingerprint density at radius 3 is 1.66 bits per heavy atom. The largest absolute Gasteiger partial charge is 0.460 e. The molecule has 0 rings (SSSR count). The first-order chi connectivity index (χ1) is 15.5. The van der Waals surface area contributed by atoms with E-state index in [0.717, 1.165) is 77.0 Å². The minimum Gasteiger partial charge on any atom is -0.460 e. The van der Waals surface area contributed by atoms with Gasteiger partial charge in [-0.3, -0.25) is 4.79 Å².